The molecule has 0 saturated heterocycles. The second-order valence-corrected chi connectivity index (χ2v) is 5.20. The van der Waals surface area contributed by atoms with Crippen LogP contribution in [0, 0.1) is 13.8 Å². The van der Waals surface area contributed by atoms with Crippen LogP contribution in [0.1, 0.15) is 20.4 Å². The molecular weight excluding hydrogens is 248 g/mol. The number of hydrogen-bond acceptors (Lipinski definition) is 4. The highest BCUT2D eigenvalue weighted by atomic mass is 32.1. The number of aryl methyl sites for hydroxylation is 2. The molecule has 2 aromatic rings. The van der Waals surface area contributed by atoms with Crippen LogP contribution in [0.2, 0.25) is 0 Å². The molecule has 4 nitrogen and oxygen atoms in total. The lowest BCUT2D eigenvalue weighted by Crippen LogP contribution is -2.14. The highest BCUT2D eigenvalue weighted by molar-refractivity contribution is 7.11. The van der Waals surface area contributed by atoms with Crippen LogP contribution in [-0.4, -0.2) is 18.0 Å². The number of benzene rings is 1. The van der Waals surface area contributed by atoms with E-state index in [-0.39, 0.29) is 5.91 Å². The molecule has 0 atom stereocenters. The molecular formula is C13H14N2O2S. The standard InChI is InChI=1S/C13H14N2O2S/c1-8-12(14-9(2)18-8)13(16)15-10-6-4-5-7-11(10)17-3/h4-7H,1-3H3,(H,15,16). The lowest BCUT2D eigenvalue weighted by molar-refractivity contribution is 0.102. The van der Waals surface area contributed by atoms with Crippen molar-refractivity contribution < 1.29 is 9.53 Å². The zero-order valence-corrected chi connectivity index (χ0v) is 11.3. The number of anilines is 1. The minimum absolute atomic E-state index is 0.207. The Kier molecular flexibility index (Phi) is 3.62. The van der Waals surface area contributed by atoms with Crippen molar-refractivity contribution in [1.82, 2.24) is 4.98 Å². The van der Waals surface area contributed by atoms with E-state index in [1.165, 1.54) is 11.3 Å². The number of nitrogens with one attached hydrogen (secondary N) is 1. The van der Waals surface area contributed by atoms with Crippen LogP contribution in [0.15, 0.2) is 24.3 Å². The van der Waals surface area contributed by atoms with Crippen molar-refractivity contribution in [1.29, 1.82) is 0 Å². The quantitative estimate of drug-likeness (QED) is 0.925. The smallest absolute Gasteiger partial charge is 0.275 e. The lowest BCUT2D eigenvalue weighted by atomic mass is 10.2. The zero-order chi connectivity index (χ0) is 13.1. The third-order valence-corrected chi connectivity index (χ3v) is 3.36. The second-order valence-electron chi connectivity index (χ2n) is 3.79. The maximum atomic E-state index is 12.1. The molecule has 94 valence electrons. The molecule has 0 aliphatic carbocycles. The van der Waals surface area contributed by atoms with Gasteiger partial charge in [-0.1, -0.05) is 12.1 Å². The Labute approximate surface area is 110 Å². The van der Waals surface area contributed by atoms with Crippen molar-refractivity contribution in [3.63, 3.8) is 0 Å². The topological polar surface area (TPSA) is 51.2 Å². The third kappa shape index (κ3) is 2.51. The van der Waals surface area contributed by atoms with Crippen molar-refractivity contribution in [2.75, 3.05) is 12.4 Å². The van der Waals surface area contributed by atoms with Gasteiger partial charge in [-0.3, -0.25) is 4.79 Å². The number of carbonyl (C=O) groups excluding carboxylic acids is 1. The van der Waals surface area contributed by atoms with Gasteiger partial charge in [0.1, 0.15) is 11.4 Å². The lowest BCUT2D eigenvalue weighted by Gasteiger charge is -2.08. The van der Waals surface area contributed by atoms with Crippen LogP contribution in [0.25, 0.3) is 0 Å². The van der Waals surface area contributed by atoms with Gasteiger partial charge in [-0.25, -0.2) is 4.98 Å². The van der Waals surface area contributed by atoms with Crippen molar-refractivity contribution in [2.45, 2.75) is 13.8 Å². The summed E-state index contributed by atoms with van der Waals surface area (Å²) in [6.07, 6.45) is 0. The van der Waals surface area contributed by atoms with Gasteiger partial charge in [-0.2, -0.15) is 0 Å². The molecule has 5 heteroatoms. The summed E-state index contributed by atoms with van der Waals surface area (Å²) in [6, 6.07) is 7.30. The summed E-state index contributed by atoms with van der Waals surface area (Å²) >= 11 is 1.51. The van der Waals surface area contributed by atoms with Gasteiger partial charge in [-0.15, -0.1) is 11.3 Å². The van der Waals surface area contributed by atoms with Gasteiger partial charge in [0.2, 0.25) is 0 Å². The summed E-state index contributed by atoms with van der Waals surface area (Å²) < 4.78 is 5.19. The minimum Gasteiger partial charge on any atom is -0.495 e. The first-order chi connectivity index (χ1) is 8.61. The number of amides is 1. The van der Waals surface area contributed by atoms with E-state index in [0.717, 1.165) is 9.88 Å². The average molecular weight is 262 g/mol. The number of nitrogens with zero attached hydrogens (tertiary/aromatic N) is 1. The van der Waals surface area contributed by atoms with Gasteiger partial charge in [0.25, 0.3) is 5.91 Å². The van der Waals surface area contributed by atoms with Crippen molar-refractivity contribution >= 4 is 22.9 Å². The summed E-state index contributed by atoms with van der Waals surface area (Å²) in [7, 11) is 1.57. The third-order valence-electron chi connectivity index (χ3n) is 2.47. The molecule has 1 heterocycles. The molecule has 1 N–H and O–H groups in total. The Morgan fingerprint density at radius 2 is 2.06 bits per heavy atom. The van der Waals surface area contributed by atoms with E-state index >= 15 is 0 Å². The SMILES string of the molecule is COc1ccccc1NC(=O)c1nc(C)sc1C. The summed E-state index contributed by atoms with van der Waals surface area (Å²) in [5.74, 6) is 0.428. The highest BCUT2D eigenvalue weighted by Gasteiger charge is 2.15. The largest absolute Gasteiger partial charge is 0.495 e. The molecule has 0 saturated carbocycles. The Balaban J connectivity index is 2.24. The molecule has 0 aliphatic rings. The van der Waals surface area contributed by atoms with Crippen LogP contribution in [-0.2, 0) is 0 Å². The maximum Gasteiger partial charge on any atom is 0.275 e. The van der Waals surface area contributed by atoms with E-state index in [9.17, 15) is 4.79 Å². The fraction of sp³-hybridized carbons (Fsp3) is 0.231. The Bertz CT molecular complexity index is 578. The predicted octanol–water partition coefficient (Wildman–Crippen LogP) is 3.02. The predicted molar refractivity (Wildman–Crippen MR) is 72.5 cm³/mol. The summed E-state index contributed by atoms with van der Waals surface area (Å²) in [4.78, 5) is 17.2. The summed E-state index contributed by atoms with van der Waals surface area (Å²) in [6.45, 7) is 3.78. The number of aromatic nitrogens is 1. The fourth-order valence-electron chi connectivity index (χ4n) is 1.67. The van der Waals surface area contributed by atoms with E-state index in [4.69, 9.17) is 4.74 Å². The monoisotopic (exact) mass is 262 g/mol. The normalized spacial score (nSPS) is 10.2. The molecule has 0 bridgehead atoms. The average Bonchev–Trinajstić information content (AvgIpc) is 2.69. The van der Waals surface area contributed by atoms with Gasteiger partial charge in [0.05, 0.1) is 17.8 Å². The van der Waals surface area contributed by atoms with Crippen molar-refractivity contribution in [3.05, 3.63) is 39.8 Å². The van der Waals surface area contributed by atoms with Gasteiger partial charge < -0.3 is 10.1 Å². The molecule has 0 unspecified atom stereocenters. The fourth-order valence-corrected chi connectivity index (χ4v) is 2.48. The van der Waals surface area contributed by atoms with Crippen LogP contribution in [0.5, 0.6) is 5.75 Å². The number of para-hydroxylation sites is 2. The number of methoxy groups -OCH3 is 1. The second kappa shape index (κ2) is 5.18. The van der Waals surface area contributed by atoms with Crippen LogP contribution in [0.4, 0.5) is 5.69 Å². The van der Waals surface area contributed by atoms with Crippen LogP contribution >= 0.6 is 11.3 Å². The van der Waals surface area contributed by atoms with Gasteiger partial charge in [0, 0.05) is 4.88 Å². The minimum atomic E-state index is -0.207. The summed E-state index contributed by atoms with van der Waals surface area (Å²) in [5, 5.41) is 3.70. The summed E-state index contributed by atoms with van der Waals surface area (Å²) in [5.41, 5.74) is 1.12. The molecule has 18 heavy (non-hydrogen) atoms. The number of ether oxygens (including phenoxy) is 1. The Hall–Kier alpha value is -1.88. The van der Waals surface area contributed by atoms with E-state index < -0.39 is 0 Å². The van der Waals surface area contributed by atoms with Crippen LogP contribution < -0.4 is 10.1 Å². The molecule has 1 aromatic carbocycles. The Morgan fingerprint density at radius 1 is 1.33 bits per heavy atom. The van der Waals surface area contributed by atoms with Gasteiger partial charge in [-0.05, 0) is 26.0 Å². The maximum absolute atomic E-state index is 12.1. The molecule has 1 amide bonds. The van der Waals surface area contributed by atoms with E-state index in [1.807, 2.05) is 26.0 Å². The number of rotatable bonds is 3. The first-order valence-electron chi connectivity index (χ1n) is 5.50. The van der Waals surface area contributed by atoms with Crippen LogP contribution in [0.3, 0.4) is 0 Å². The highest BCUT2D eigenvalue weighted by Crippen LogP contribution is 2.24. The Morgan fingerprint density at radius 3 is 2.67 bits per heavy atom. The molecule has 0 radical (unpaired) electrons. The number of hydrogen-bond donors (Lipinski definition) is 1. The number of carbonyl (C=O) groups is 1. The van der Waals surface area contributed by atoms with E-state index in [0.29, 0.717) is 17.1 Å². The molecule has 0 spiro atoms. The zero-order valence-electron chi connectivity index (χ0n) is 10.5. The van der Waals surface area contributed by atoms with Crippen molar-refractivity contribution in [2.24, 2.45) is 0 Å². The molecule has 2 rings (SSSR count). The van der Waals surface area contributed by atoms with E-state index in [2.05, 4.69) is 10.3 Å². The van der Waals surface area contributed by atoms with Gasteiger partial charge >= 0.3 is 0 Å². The molecule has 0 fully saturated rings. The van der Waals surface area contributed by atoms with Crippen molar-refractivity contribution in [3.8, 4) is 5.75 Å². The first kappa shape index (κ1) is 12.6. The molecule has 1 aromatic heterocycles. The number of thiazole rings is 1. The first-order valence-corrected chi connectivity index (χ1v) is 6.32. The van der Waals surface area contributed by atoms with E-state index in [1.54, 1.807) is 19.2 Å². The van der Waals surface area contributed by atoms with Gasteiger partial charge in [0.15, 0.2) is 0 Å². The molecule has 0 aliphatic heterocycles.